The Morgan fingerprint density at radius 3 is 2.09 bits per heavy atom. The van der Waals surface area contributed by atoms with Gasteiger partial charge in [-0.3, -0.25) is 0 Å². The van der Waals surface area contributed by atoms with Crippen molar-refractivity contribution in [2.45, 2.75) is 38.5 Å². The van der Waals surface area contributed by atoms with Crippen molar-refractivity contribution in [3.63, 3.8) is 0 Å². The molecule has 5 aromatic carbocycles. The van der Waals surface area contributed by atoms with Gasteiger partial charge in [-0.25, -0.2) is 0 Å². The van der Waals surface area contributed by atoms with E-state index in [0.717, 1.165) is 38.5 Å². The Labute approximate surface area is 256 Å². The molecule has 0 aliphatic heterocycles. The van der Waals surface area contributed by atoms with Gasteiger partial charge in [-0.1, -0.05) is 72.8 Å². The Kier molecular flexibility index (Phi) is 5.10. The molecule has 0 N–H and O–H groups in total. The second-order valence-corrected chi connectivity index (χ2v) is 12.6. The molecule has 0 fully saturated rings. The first kappa shape index (κ1) is 24.4. The number of fused-ring (bicyclic) bond motifs is 11. The van der Waals surface area contributed by atoms with E-state index >= 15 is 0 Å². The van der Waals surface area contributed by atoms with E-state index in [-0.39, 0.29) is 0 Å². The normalized spacial score (nSPS) is 15.6. The highest BCUT2D eigenvalue weighted by molar-refractivity contribution is 6.13. The van der Waals surface area contributed by atoms with E-state index < -0.39 is 0 Å². The third-order valence-electron chi connectivity index (χ3n) is 10.3. The molecular weight excluding hydrogens is 532 g/mol. The molecular formula is C42H32N2. The Morgan fingerprint density at radius 1 is 0.477 bits per heavy atom. The number of nitrogens with zero attached hydrogens (tertiary/aromatic N) is 2. The third-order valence-corrected chi connectivity index (χ3v) is 10.3. The van der Waals surface area contributed by atoms with Crippen LogP contribution >= 0.6 is 0 Å². The summed E-state index contributed by atoms with van der Waals surface area (Å²) in [4.78, 5) is 0. The molecule has 10 rings (SSSR count). The van der Waals surface area contributed by atoms with Crippen molar-refractivity contribution in [1.29, 1.82) is 0 Å². The molecule has 0 atom stereocenters. The molecule has 3 aliphatic rings. The topological polar surface area (TPSA) is 9.86 Å². The van der Waals surface area contributed by atoms with Crippen molar-refractivity contribution in [1.82, 2.24) is 9.13 Å². The van der Waals surface area contributed by atoms with E-state index in [9.17, 15) is 0 Å². The van der Waals surface area contributed by atoms with Crippen LogP contribution in [0.25, 0.3) is 72.2 Å². The van der Waals surface area contributed by atoms with Gasteiger partial charge in [-0.05, 0) is 120 Å². The van der Waals surface area contributed by atoms with Crippen LogP contribution in [0.5, 0.6) is 0 Å². The molecule has 2 heteroatoms. The molecule has 0 amide bonds. The summed E-state index contributed by atoms with van der Waals surface area (Å²) in [7, 11) is 0. The van der Waals surface area contributed by atoms with E-state index in [1.54, 1.807) is 11.1 Å². The molecule has 0 saturated carbocycles. The van der Waals surface area contributed by atoms with Crippen molar-refractivity contribution in [2.24, 2.45) is 0 Å². The summed E-state index contributed by atoms with van der Waals surface area (Å²) < 4.78 is 4.95. The molecule has 0 saturated heterocycles. The molecule has 3 aliphatic carbocycles. The second kappa shape index (κ2) is 9.21. The van der Waals surface area contributed by atoms with Gasteiger partial charge in [-0.15, -0.1) is 0 Å². The average molecular weight is 565 g/mol. The fourth-order valence-corrected chi connectivity index (χ4v) is 8.34. The van der Waals surface area contributed by atoms with E-state index in [2.05, 4.69) is 131 Å². The summed E-state index contributed by atoms with van der Waals surface area (Å²) in [5.41, 5.74) is 16.5. The molecule has 7 aromatic rings. The van der Waals surface area contributed by atoms with Crippen molar-refractivity contribution in [3.8, 4) is 16.8 Å². The summed E-state index contributed by atoms with van der Waals surface area (Å²) in [6.45, 7) is 0. The van der Waals surface area contributed by atoms with Crippen LogP contribution in [0.2, 0.25) is 0 Å². The fourth-order valence-electron chi connectivity index (χ4n) is 8.34. The molecule has 0 spiro atoms. The minimum absolute atomic E-state index is 1.09. The average Bonchev–Trinajstić information content (AvgIpc) is 3.59. The van der Waals surface area contributed by atoms with Crippen molar-refractivity contribution in [2.75, 3.05) is 0 Å². The first-order valence-corrected chi connectivity index (χ1v) is 16.1. The highest BCUT2D eigenvalue weighted by Gasteiger charge is 2.24. The van der Waals surface area contributed by atoms with Crippen LogP contribution in [0, 0.1) is 0 Å². The lowest BCUT2D eigenvalue weighted by atomic mass is 9.79. The van der Waals surface area contributed by atoms with Crippen molar-refractivity contribution >= 4 is 55.4 Å². The molecule has 44 heavy (non-hydrogen) atoms. The number of rotatable bonds is 2. The van der Waals surface area contributed by atoms with Crippen LogP contribution in [-0.2, 0) is 19.3 Å². The Hall–Kier alpha value is -5.08. The zero-order chi connectivity index (χ0) is 28.8. The van der Waals surface area contributed by atoms with E-state index in [0.29, 0.717) is 0 Å². The van der Waals surface area contributed by atoms with Gasteiger partial charge in [0, 0.05) is 32.9 Å². The molecule has 2 nitrogen and oxygen atoms in total. The minimum atomic E-state index is 1.09. The summed E-state index contributed by atoms with van der Waals surface area (Å²) in [6.07, 6.45) is 18.4. The van der Waals surface area contributed by atoms with Gasteiger partial charge in [0.2, 0.25) is 0 Å². The maximum Gasteiger partial charge on any atom is 0.0547 e. The number of para-hydroxylation sites is 2. The maximum atomic E-state index is 2.51. The first-order valence-electron chi connectivity index (χ1n) is 16.1. The lowest BCUT2D eigenvalue weighted by molar-refractivity contribution is 0.888. The SMILES string of the molecule is C1=CC(n2c3ccccc3c3cc(-n4c5ccccc5c5cc6c(cc54)-c4ccc5c(c4CC6)CCC=C5)ccc32)=CCC1. The van der Waals surface area contributed by atoms with Crippen LogP contribution in [0.4, 0.5) is 0 Å². The summed E-state index contributed by atoms with van der Waals surface area (Å²) >= 11 is 0. The second-order valence-electron chi connectivity index (χ2n) is 12.6. The monoisotopic (exact) mass is 564 g/mol. The van der Waals surface area contributed by atoms with Gasteiger partial charge in [0.25, 0.3) is 0 Å². The smallest absolute Gasteiger partial charge is 0.0547 e. The van der Waals surface area contributed by atoms with Gasteiger partial charge in [0.1, 0.15) is 0 Å². The number of allylic oxidation sites excluding steroid dienone is 5. The van der Waals surface area contributed by atoms with Crippen LogP contribution in [0.1, 0.15) is 41.5 Å². The quantitative estimate of drug-likeness (QED) is 0.198. The standard InChI is InChI=1S/C42H32N2/c1-2-11-29(12-3-1)43-39-16-8-7-15-35(39)38-25-30(20-23-41(38)43)44-40-17-9-6-14-34(40)37-24-28-19-22-32-31-13-5-4-10-27(31)18-21-33(32)36(28)26-42(37)44/h2,4,6-12,14-18,20-21,23-26H,1,3,5,13,19,22H2. The van der Waals surface area contributed by atoms with Gasteiger partial charge in [0.05, 0.1) is 22.1 Å². The fraction of sp³-hybridized carbons (Fsp3) is 0.143. The van der Waals surface area contributed by atoms with E-state index in [4.69, 9.17) is 0 Å². The largest absolute Gasteiger partial charge is 0.310 e. The molecule has 0 unspecified atom stereocenters. The van der Waals surface area contributed by atoms with Crippen molar-refractivity contribution in [3.05, 3.63) is 138 Å². The zero-order valence-electron chi connectivity index (χ0n) is 24.7. The van der Waals surface area contributed by atoms with Crippen molar-refractivity contribution < 1.29 is 0 Å². The molecule has 2 aromatic heterocycles. The summed E-state index contributed by atoms with van der Waals surface area (Å²) in [6, 6.07) is 34.6. The third kappa shape index (κ3) is 3.37. The summed E-state index contributed by atoms with van der Waals surface area (Å²) in [5.74, 6) is 0. The summed E-state index contributed by atoms with van der Waals surface area (Å²) in [5, 5.41) is 5.28. The molecule has 210 valence electrons. The van der Waals surface area contributed by atoms with Crippen LogP contribution in [0.3, 0.4) is 0 Å². The number of aromatic nitrogens is 2. The van der Waals surface area contributed by atoms with Gasteiger partial charge in [0.15, 0.2) is 0 Å². The zero-order valence-corrected chi connectivity index (χ0v) is 24.7. The number of benzene rings is 5. The molecule has 0 bridgehead atoms. The Morgan fingerprint density at radius 2 is 1.25 bits per heavy atom. The Balaban J connectivity index is 1.24. The van der Waals surface area contributed by atoms with Crippen LogP contribution < -0.4 is 0 Å². The highest BCUT2D eigenvalue weighted by Crippen LogP contribution is 2.43. The minimum Gasteiger partial charge on any atom is -0.310 e. The van der Waals surface area contributed by atoms with E-state index in [1.807, 2.05) is 0 Å². The molecule has 2 heterocycles. The van der Waals surface area contributed by atoms with Gasteiger partial charge < -0.3 is 9.13 Å². The number of aryl methyl sites for hydroxylation is 1. The maximum absolute atomic E-state index is 2.51. The van der Waals surface area contributed by atoms with Crippen LogP contribution in [0.15, 0.2) is 115 Å². The first-order chi connectivity index (χ1) is 21.8. The highest BCUT2D eigenvalue weighted by atomic mass is 15.0. The van der Waals surface area contributed by atoms with Gasteiger partial charge in [-0.2, -0.15) is 0 Å². The lowest BCUT2D eigenvalue weighted by Crippen LogP contribution is -2.10. The lowest BCUT2D eigenvalue weighted by Gasteiger charge is -2.25. The van der Waals surface area contributed by atoms with Crippen LogP contribution in [-0.4, -0.2) is 9.13 Å². The predicted octanol–water partition coefficient (Wildman–Crippen LogP) is 10.8. The van der Waals surface area contributed by atoms with E-state index in [1.165, 1.54) is 77.2 Å². The Bertz CT molecular complexity index is 2440. The molecule has 0 radical (unpaired) electrons. The number of hydrogen-bond acceptors (Lipinski definition) is 0. The number of hydrogen-bond donors (Lipinski definition) is 0. The van der Waals surface area contributed by atoms with Gasteiger partial charge >= 0.3 is 0 Å². The predicted molar refractivity (Wildman–Crippen MR) is 187 cm³/mol.